The van der Waals surface area contributed by atoms with Gasteiger partial charge in [0.1, 0.15) is 11.5 Å². The number of hydrogen-bond acceptors (Lipinski definition) is 4. The minimum atomic E-state index is -0.227. The van der Waals surface area contributed by atoms with Crippen LogP contribution < -0.4 is 9.64 Å². The molecular formula is C20H18N2O3. The van der Waals surface area contributed by atoms with E-state index in [1.54, 1.807) is 61.8 Å². The molecule has 5 nitrogen and oxygen atoms in total. The minimum absolute atomic E-state index is 0.0419. The molecule has 3 rings (SSSR count). The molecule has 3 aromatic rings. The van der Waals surface area contributed by atoms with E-state index in [4.69, 9.17) is 4.74 Å². The van der Waals surface area contributed by atoms with Crippen LogP contribution in [0.1, 0.15) is 16.1 Å². The van der Waals surface area contributed by atoms with E-state index in [1.807, 2.05) is 18.2 Å². The number of benzene rings is 2. The summed E-state index contributed by atoms with van der Waals surface area (Å²) in [5.74, 6) is 0.491. The van der Waals surface area contributed by atoms with E-state index < -0.39 is 0 Å². The number of methoxy groups -OCH3 is 1. The third-order valence-electron chi connectivity index (χ3n) is 3.80. The Bertz CT molecular complexity index is 848. The van der Waals surface area contributed by atoms with Crippen molar-refractivity contribution >= 4 is 11.6 Å². The molecule has 0 saturated carbocycles. The lowest BCUT2D eigenvalue weighted by Crippen LogP contribution is -2.30. The molecule has 25 heavy (non-hydrogen) atoms. The largest absolute Gasteiger partial charge is 0.506 e. The Labute approximate surface area is 146 Å². The number of ether oxygens (including phenoxy) is 1. The lowest BCUT2D eigenvalue weighted by Gasteiger charge is -2.23. The van der Waals surface area contributed by atoms with Gasteiger partial charge in [-0.1, -0.05) is 18.2 Å². The molecule has 2 aromatic carbocycles. The smallest absolute Gasteiger partial charge is 0.258 e. The molecule has 5 heteroatoms. The number of hydrogen-bond donors (Lipinski definition) is 1. The van der Waals surface area contributed by atoms with Crippen molar-refractivity contribution in [2.75, 3.05) is 12.0 Å². The van der Waals surface area contributed by atoms with Crippen LogP contribution in [-0.4, -0.2) is 23.1 Å². The van der Waals surface area contributed by atoms with Gasteiger partial charge in [-0.25, -0.2) is 0 Å². The van der Waals surface area contributed by atoms with Gasteiger partial charge in [-0.15, -0.1) is 0 Å². The number of carbonyl (C=O) groups excluding carboxylic acids is 1. The molecular weight excluding hydrogens is 316 g/mol. The van der Waals surface area contributed by atoms with Gasteiger partial charge in [0.05, 0.1) is 25.0 Å². The maximum Gasteiger partial charge on any atom is 0.258 e. The van der Waals surface area contributed by atoms with Crippen molar-refractivity contribution in [2.45, 2.75) is 6.54 Å². The van der Waals surface area contributed by atoms with Crippen molar-refractivity contribution in [3.63, 3.8) is 0 Å². The summed E-state index contributed by atoms with van der Waals surface area (Å²) in [5, 5.41) is 10.2. The van der Waals surface area contributed by atoms with Crippen LogP contribution >= 0.6 is 0 Å². The molecule has 0 unspecified atom stereocenters. The van der Waals surface area contributed by atoms with E-state index in [0.29, 0.717) is 17.0 Å². The summed E-state index contributed by atoms with van der Waals surface area (Å²) >= 11 is 0. The number of pyridine rings is 1. The molecule has 0 aliphatic rings. The minimum Gasteiger partial charge on any atom is -0.506 e. The van der Waals surface area contributed by atoms with Crippen LogP contribution in [0, 0.1) is 0 Å². The first-order valence-corrected chi connectivity index (χ1v) is 7.83. The third kappa shape index (κ3) is 3.77. The molecule has 1 amide bonds. The van der Waals surface area contributed by atoms with Gasteiger partial charge in [-0.05, 0) is 48.5 Å². The fourth-order valence-electron chi connectivity index (χ4n) is 2.50. The molecule has 1 aromatic heterocycles. The number of phenols is 1. The summed E-state index contributed by atoms with van der Waals surface area (Å²) in [7, 11) is 1.58. The molecule has 0 aliphatic carbocycles. The molecule has 0 bridgehead atoms. The highest BCUT2D eigenvalue weighted by Crippen LogP contribution is 2.29. The number of phenolic OH excluding ortho intramolecular Hbond substituents is 1. The molecule has 0 aliphatic heterocycles. The van der Waals surface area contributed by atoms with Crippen molar-refractivity contribution in [2.24, 2.45) is 0 Å². The van der Waals surface area contributed by atoms with Crippen molar-refractivity contribution < 1.29 is 14.6 Å². The van der Waals surface area contributed by atoms with E-state index >= 15 is 0 Å². The number of nitrogens with zero attached hydrogens (tertiary/aromatic N) is 2. The second kappa shape index (κ2) is 7.49. The maximum atomic E-state index is 13.0. The number of amides is 1. The summed E-state index contributed by atoms with van der Waals surface area (Å²) in [5.41, 5.74) is 1.67. The van der Waals surface area contributed by atoms with Gasteiger partial charge < -0.3 is 9.84 Å². The first kappa shape index (κ1) is 16.5. The molecule has 1 heterocycles. The number of aromatic nitrogens is 1. The van der Waals surface area contributed by atoms with Crippen LogP contribution in [0.25, 0.3) is 0 Å². The van der Waals surface area contributed by atoms with E-state index in [9.17, 15) is 9.90 Å². The first-order chi connectivity index (χ1) is 12.2. The fraction of sp³-hybridized carbons (Fsp3) is 0.100. The molecule has 1 N–H and O–H groups in total. The van der Waals surface area contributed by atoms with Gasteiger partial charge in [0.15, 0.2) is 0 Å². The van der Waals surface area contributed by atoms with Gasteiger partial charge in [-0.3, -0.25) is 14.7 Å². The molecule has 0 spiro atoms. The zero-order valence-electron chi connectivity index (χ0n) is 13.8. The maximum absolute atomic E-state index is 13.0. The summed E-state index contributed by atoms with van der Waals surface area (Å²) < 4.78 is 5.13. The Balaban J connectivity index is 1.97. The summed E-state index contributed by atoms with van der Waals surface area (Å²) in [6.45, 7) is 0.253. The average molecular weight is 334 g/mol. The summed E-state index contributed by atoms with van der Waals surface area (Å²) in [4.78, 5) is 18.8. The zero-order chi connectivity index (χ0) is 17.6. The van der Waals surface area contributed by atoms with E-state index in [0.717, 1.165) is 5.69 Å². The van der Waals surface area contributed by atoms with E-state index in [1.165, 1.54) is 4.90 Å². The van der Waals surface area contributed by atoms with Crippen LogP contribution in [0.15, 0.2) is 72.9 Å². The van der Waals surface area contributed by atoms with Crippen molar-refractivity contribution in [1.82, 2.24) is 4.98 Å². The molecule has 0 atom stereocenters. The first-order valence-electron chi connectivity index (χ1n) is 7.83. The Kier molecular flexibility index (Phi) is 4.95. The number of anilines is 1. The number of carbonyl (C=O) groups is 1. The van der Waals surface area contributed by atoms with E-state index in [-0.39, 0.29) is 18.2 Å². The van der Waals surface area contributed by atoms with Crippen LogP contribution in [-0.2, 0) is 6.54 Å². The van der Waals surface area contributed by atoms with Crippen LogP contribution in [0.5, 0.6) is 11.5 Å². The SMILES string of the molecule is COc1ccc(C(=O)N(Cc2ccccn2)c2ccccc2O)cc1. The van der Waals surface area contributed by atoms with Gasteiger partial charge in [0.25, 0.3) is 5.91 Å². The number of rotatable bonds is 5. The van der Waals surface area contributed by atoms with Crippen molar-refractivity contribution in [3.8, 4) is 11.5 Å². The van der Waals surface area contributed by atoms with Crippen LogP contribution in [0.4, 0.5) is 5.69 Å². The normalized spacial score (nSPS) is 10.3. The Morgan fingerprint density at radius 3 is 2.40 bits per heavy atom. The summed E-state index contributed by atoms with van der Waals surface area (Å²) in [6, 6.07) is 19.2. The molecule has 0 saturated heterocycles. The van der Waals surface area contributed by atoms with Gasteiger partial charge >= 0.3 is 0 Å². The second-order valence-electron chi connectivity index (χ2n) is 5.43. The fourth-order valence-corrected chi connectivity index (χ4v) is 2.50. The van der Waals surface area contributed by atoms with Crippen molar-refractivity contribution in [3.05, 3.63) is 84.2 Å². The average Bonchev–Trinajstić information content (AvgIpc) is 2.67. The summed E-state index contributed by atoms with van der Waals surface area (Å²) in [6.07, 6.45) is 1.68. The number of para-hydroxylation sites is 2. The zero-order valence-corrected chi connectivity index (χ0v) is 13.8. The highest BCUT2D eigenvalue weighted by molar-refractivity contribution is 6.06. The lowest BCUT2D eigenvalue weighted by atomic mass is 10.1. The van der Waals surface area contributed by atoms with E-state index in [2.05, 4.69) is 4.98 Å². The van der Waals surface area contributed by atoms with Gasteiger partial charge in [0.2, 0.25) is 0 Å². The van der Waals surface area contributed by atoms with Crippen molar-refractivity contribution in [1.29, 1.82) is 0 Å². The third-order valence-corrected chi connectivity index (χ3v) is 3.80. The standard InChI is InChI=1S/C20H18N2O3/c1-25-17-11-9-15(10-12-17)20(24)22(14-16-6-4-5-13-21-16)18-7-2-3-8-19(18)23/h2-13,23H,14H2,1H3. The van der Waals surface area contributed by atoms with Gasteiger partial charge in [0, 0.05) is 11.8 Å². The molecule has 126 valence electrons. The molecule has 0 fully saturated rings. The predicted molar refractivity (Wildman–Crippen MR) is 95.9 cm³/mol. The Morgan fingerprint density at radius 2 is 1.76 bits per heavy atom. The van der Waals surface area contributed by atoms with Gasteiger partial charge in [-0.2, -0.15) is 0 Å². The number of aromatic hydroxyl groups is 1. The Morgan fingerprint density at radius 1 is 1.04 bits per heavy atom. The quantitative estimate of drug-likeness (QED) is 0.774. The predicted octanol–water partition coefficient (Wildman–Crippen LogP) is 3.64. The second-order valence-corrected chi connectivity index (χ2v) is 5.43. The Hall–Kier alpha value is -3.34. The highest BCUT2D eigenvalue weighted by atomic mass is 16.5. The highest BCUT2D eigenvalue weighted by Gasteiger charge is 2.21. The topological polar surface area (TPSA) is 62.7 Å². The van der Waals surface area contributed by atoms with Crippen LogP contribution in [0.2, 0.25) is 0 Å². The molecule has 0 radical (unpaired) electrons. The lowest BCUT2D eigenvalue weighted by molar-refractivity contribution is 0.0984. The van der Waals surface area contributed by atoms with Crippen LogP contribution in [0.3, 0.4) is 0 Å². The monoisotopic (exact) mass is 334 g/mol.